The molecule has 0 aliphatic carbocycles. The Bertz CT molecular complexity index is 1250. The van der Waals surface area contributed by atoms with Gasteiger partial charge in [-0.1, -0.05) is 89.1 Å². The lowest BCUT2D eigenvalue weighted by Crippen LogP contribution is -2.53. The summed E-state index contributed by atoms with van der Waals surface area (Å²) in [5, 5.41) is 25.2. The third-order valence-corrected chi connectivity index (χ3v) is 8.49. The second kappa shape index (κ2) is 18.7. The van der Waals surface area contributed by atoms with Crippen LogP contribution in [0.15, 0.2) is 27.0 Å². The van der Waals surface area contributed by atoms with Gasteiger partial charge in [-0.05, 0) is 12.0 Å². The lowest BCUT2D eigenvalue weighted by atomic mass is 9.98. The minimum absolute atomic E-state index is 0.111. The first kappa shape index (κ1) is 36.2. The highest BCUT2D eigenvalue weighted by Crippen LogP contribution is 2.37. The molecule has 0 saturated carbocycles. The summed E-state index contributed by atoms with van der Waals surface area (Å²) in [6, 6.07) is -0.339. The van der Waals surface area contributed by atoms with E-state index in [1.807, 2.05) is 4.98 Å². The maximum atomic E-state index is 13.5. The van der Waals surface area contributed by atoms with E-state index in [9.17, 15) is 29.4 Å². The number of unbranched alkanes of at least 4 members (excludes halogenated alkanes) is 12. The molecule has 0 bridgehead atoms. The third-order valence-electron chi connectivity index (χ3n) is 8.49. The van der Waals surface area contributed by atoms with Crippen LogP contribution in [0.25, 0.3) is 10.4 Å². The summed E-state index contributed by atoms with van der Waals surface area (Å²) in [5.74, 6) is -1.27. The van der Waals surface area contributed by atoms with E-state index in [0.29, 0.717) is 6.42 Å². The van der Waals surface area contributed by atoms with E-state index in [1.165, 1.54) is 51.4 Å². The Morgan fingerprint density at radius 1 is 0.956 bits per heavy atom. The first-order valence-electron chi connectivity index (χ1n) is 16.1. The van der Waals surface area contributed by atoms with E-state index in [2.05, 4.69) is 16.9 Å². The van der Waals surface area contributed by atoms with Crippen molar-refractivity contribution in [2.75, 3.05) is 13.7 Å². The Morgan fingerprint density at radius 3 is 2.11 bits per heavy atom. The average Bonchev–Trinajstić information content (AvgIpc) is 3.54. The van der Waals surface area contributed by atoms with Crippen LogP contribution in [-0.4, -0.2) is 86.9 Å². The number of hydrogen-bond donors (Lipinski definition) is 3. The molecular weight excluding hydrogens is 588 g/mol. The van der Waals surface area contributed by atoms with Gasteiger partial charge in [0.05, 0.1) is 13.7 Å². The molecule has 3 heterocycles. The van der Waals surface area contributed by atoms with Gasteiger partial charge in [0, 0.05) is 23.6 Å². The highest BCUT2D eigenvalue weighted by molar-refractivity contribution is 5.86. The number of amides is 1. The Labute approximate surface area is 262 Å². The highest BCUT2D eigenvalue weighted by Gasteiger charge is 2.58. The van der Waals surface area contributed by atoms with Crippen LogP contribution in [0.2, 0.25) is 0 Å². The fourth-order valence-corrected chi connectivity index (χ4v) is 6.08. The van der Waals surface area contributed by atoms with Crippen LogP contribution in [-0.2, 0) is 23.8 Å². The summed E-state index contributed by atoms with van der Waals surface area (Å²) in [7, 11) is 1.14. The molecule has 2 fully saturated rings. The second-order valence-corrected chi connectivity index (χ2v) is 11.7. The molecule has 1 aromatic heterocycles. The van der Waals surface area contributed by atoms with Crippen molar-refractivity contribution in [1.29, 1.82) is 0 Å². The van der Waals surface area contributed by atoms with Crippen molar-refractivity contribution in [2.24, 2.45) is 5.11 Å². The number of nitrogens with one attached hydrogen (secondary N) is 1. The van der Waals surface area contributed by atoms with Gasteiger partial charge in [0.25, 0.3) is 5.56 Å². The van der Waals surface area contributed by atoms with Crippen molar-refractivity contribution in [3.63, 3.8) is 0 Å². The molecular formula is C30H48N6O9. The number of carbonyl (C=O) groups is 2. The molecule has 1 aromatic rings. The number of rotatable bonds is 19. The zero-order valence-electron chi connectivity index (χ0n) is 26.3. The average molecular weight is 637 g/mol. The first-order valence-corrected chi connectivity index (χ1v) is 16.1. The highest BCUT2D eigenvalue weighted by atomic mass is 16.6. The molecule has 7 atom stereocenters. The lowest BCUT2D eigenvalue weighted by Gasteiger charge is -2.28. The minimum atomic E-state index is -1.65. The van der Waals surface area contributed by atoms with E-state index < -0.39 is 66.0 Å². The van der Waals surface area contributed by atoms with E-state index >= 15 is 0 Å². The van der Waals surface area contributed by atoms with Crippen molar-refractivity contribution in [3.05, 3.63) is 43.5 Å². The van der Waals surface area contributed by atoms with Gasteiger partial charge in [-0.15, -0.1) is 0 Å². The summed E-state index contributed by atoms with van der Waals surface area (Å²) in [6.45, 7) is 1.90. The zero-order valence-corrected chi connectivity index (χ0v) is 26.3. The maximum Gasteiger partial charge on any atom is 0.331 e. The van der Waals surface area contributed by atoms with Crippen LogP contribution in [0, 0.1) is 0 Å². The molecule has 2 aliphatic heterocycles. The number of aromatic nitrogens is 2. The molecule has 2 saturated heterocycles. The SMILES string of the molecule is CCCCCCCCCCCCCCCC(=O)N1[C@H](C(=O)OC)[C@@H]([C@H]2O[C@@H](n3ccc(=O)[nH]c3=O)[C@H](O)[C@@H]2O)O[C@@H]1CN=[N+]=[N-]. The monoisotopic (exact) mass is 636 g/mol. The Balaban J connectivity index is 1.60. The van der Waals surface area contributed by atoms with Gasteiger partial charge >= 0.3 is 11.7 Å². The number of aliphatic hydroxyl groups is 2. The van der Waals surface area contributed by atoms with Crippen molar-refractivity contribution in [2.45, 2.75) is 140 Å². The van der Waals surface area contributed by atoms with Crippen LogP contribution in [0.3, 0.4) is 0 Å². The minimum Gasteiger partial charge on any atom is -0.467 e. The van der Waals surface area contributed by atoms with Gasteiger partial charge in [0.1, 0.15) is 30.6 Å². The van der Waals surface area contributed by atoms with Crippen LogP contribution >= 0.6 is 0 Å². The fourth-order valence-electron chi connectivity index (χ4n) is 6.08. The summed E-state index contributed by atoms with van der Waals surface area (Å²) in [5.41, 5.74) is 7.38. The molecule has 3 rings (SSSR count). The van der Waals surface area contributed by atoms with Crippen molar-refractivity contribution < 1.29 is 34.0 Å². The fraction of sp³-hybridized carbons (Fsp3) is 0.800. The van der Waals surface area contributed by atoms with Crippen LogP contribution < -0.4 is 11.2 Å². The number of esters is 1. The summed E-state index contributed by atoms with van der Waals surface area (Å²) in [4.78, 5) is 56.3. The summed E-state index contributed by atoms with van der Waals surface area (Å²) < 4.78 is 17.7. The molecule has 0 unspecified atom stereocenters. The predicted molar refractivity (Wildman–Crippen MR) is 163 cm³/mol. The quantitative estimate of drug-likeness (QED) is 0.0669. The normalized spacial score (nSPS) is 26.1. The molecule has 2 aliphatic rings. The molecule has 15 heteroatoms. The number of aromatic amines is 1. The van der Waals surface area contributed by atoms with E-state index in [-0.39, 0.29) is 13.0 Å². The standard InChI is InChI=1S/C30H48N6O9/c1-3-4-5-6-7-8-9-10-11-12-13-14-15-16-21(38)36-22(19-32-34-31)44-26(23(36)29(41)43-2)27-24(39)25(40)28(45-27)35-18-17-20(37)33-30(35)42/h17-18,22-28,39-40H,3-16,19H2,1-2H3,(H,33,37,42)/t22-,23+,24+,25-,26+,27+,28-/m1/s1. The topological polar surface area (TPSA) is 209 Å². The molecule has 0 radical (unpaired) electrons. The smallest absolute Gasteiger partial charge is 0.331 e. The summed E-state index contributed by atoms with van der Waals surface area (Å²) in [6.07, 6.45) is 7.51. The zero-order chi connectivity index (χ0) is 32.8. The Hall–Kier alpha value is -3.23. The predicted octanol–water partition coefficient (Wildman–Crippen LogP) is 3.04. The van der Waals surface area contributed by atoms with Gasteiger partial charge in [-0.3, -0.25) is 24.0 Å². The lowest BCUT2D eigenvalue weighted by molar-refractivity contribution is -0.154. The van der Waals surface area contributed by atoms with Gasteiger partial charge in [0.15, 0.2) is 12.3 Å². The molecule has 0 spiro atoms. The molecule has 15 nitrogen and oxygen atoms in total. The first-order chi connectivity index (χ1) is 21.7. The van der Waals surface area contributed by atoms with E-state index in [4.69, 9.17) is 19.7 Å². The molecule has 1 amide bonds. The van der Waals surface area contributed by atoms with Crippen LogP contribution in [0.4, 0.5) is 0 Å². The molecule has 0 aromatic carbocycles. The number of H-pyrrole nitrogens is 1. The largest absolute Gasteiger partial charge is 0.467 e. The number of azide groups is 1. The van der Waals surface area contributed by atoms with Gasteiger partial charge in [0.2, 0.25) is 5.91 Å². The maximum absolute atomic E-state index is 13.5. The second-order valence-electron chi connectivity index (χ2n) is 11.7. The van der Waals surface area contributed by atoms with Crippen LogP contribution in [0.5, 0.6) is 0 Å². The van der Waals surface area contributed by atoms with Gasteiger partial charge < -0.3 is 24.4 Å². The van der Waals surface area contributed by atoms with Crippen molar-refractivity contribution in [3.8, 4) is 0 Å². The molecule has 45 heavy (non-hydrogen) atoms. The van der Waals surface area contributed by atoms with Gasteiger partial charge in [-0.2, -0.15) is 0 Å². The third kappa shape index (κ3) is 9.88. The number of ether oxygens (including phenoxy) is 3. The van der Waals surface area contributed by atoms with Gasteiger partial charge in [-0.25, -0.2) is 9.59 Å². The number of aliphatic hydroxyl groups excluding tert-OH is 2. The van der Waals surface area contributed by atoms with Crippen molar-refractivity contribution >= 4 is 11.9 Å². The number of methoxy groups -OCH3 is 1. The molecule has 3 N–H and O–H groups in total. The van der Waals surface area contributed by atoms with Crippen LogP contribution in [0.1, 0.15) is 103 Å². The molecule has 252 valence electrons. The van der Waals surface area contributed by atoms with E-state index in [1.54, 1.807) is 0 Å². The Kier molecular flexibility index (Phi) is 15.0. The number of carbonyl (C=O) groups excluding carboxylic acids is 2. The number of hydrogen-bond acceptors (Lipinski definition) is 10. The Morgan fingerprint density at radius 2 is 1.56 bits per heavy atom. The number of nitrogens with zero attached hydrogens (tertiary/aromatic N) is 5. The van der Waals surface area contributed by atoms with E-state index in [0.717, 1.165) is 54.5 Å². The van der Waals surface area contributed by atoms with Crippen molar-refractivity contribution in [1.82, 2.24) is 14.5 Å². The summed E-state index contributed by atoms with van der Waals surface area (Å²) >= 11 is 0.